The van der Waals surface area contributed by atoms with Gasteiger partial charge in [-0.05, 0) is 26.4 Å². The largest absolute Gasteiger partial charge is 0.317 e. The molecule has 0 saturated carbocycles. The molecule has 0 unspecified atom stereocenters. The van der Waals surface area contributed by atoms with E-state index < -0.39 is 0 Å². The molecular formula is C10H16N2O2. The highest BCUT2D eigenvalue weighted by Gasteiger charge is 2.27. The number of nitrogens with one attached hydrogen (secondary N) is 1. The van der Waals surface area contributed by atoms with Crippen LogP contribution in [0.5, 0.6) is 0 Å². The Morgan fingerprint density at radius 2 is 2.14 bits per heavy atom. The van der Waals surface area contributed by atoms with Crippen LogP contribution in [0, 0.1) is 0 Å². The molecule has 0 saturated heterocycles. The van der Waals surface area contributed by atoms with Crippen LogP contribution in [0.1, 0.15) is 20.3 Å². The van der Waals surface area contributed by atoms with Gasteiger partial charge in [0.1, 0.15) is 0 Å². The van der Waals surface area contributed by atoms with Crippen molar-refractivity contribution in [2.24, 2.45) is 0 Å². The lowest BCUT2D eigenvalue weighted by Crippen LogP contribution is -2.33. The van der Waals surface area contributed by atoms with Crippen LogP contribution in [-0.4, -0.2) is 36.3 Å². The number of nitrogens with zero attached hydrogens (tertiary/aromatic N) is 1. The van der Waals surface area contributed by atoms with Crippen molar-refractivity contribution in [3.63, 3.8) is 0 Å². The number of amides is 2. The number of rotatable bonds is 5. The van der Waals surface area contributed by atoms with Crippen molar-refractivity contribution in [3.05, 3.63) is 11.6 Å². The van der Waals surface area contributed by atoms with E-state index in [1.807, 2.05) is 6.92 Å². The lowest BCUT2D eigenvalue weighted by molar-refractivity contribution is -0.137. The summed E-state index contributed by atoms with van der Waals surface area (Å²) in [6, 6.07) is 0. The van der Waals surface area contributed by atoms with Gasteiger partial charge in [-0.15, -0.1) is 0 Å². The summed E-state index contributed by atoms with van der Waals surface area (Å²) >= 11 is 0. The van der Waals surface area contributed by atoms with Gasteiger partial charge in [-0.3, -0.25) is 14.5 Å². The van der Waals surface area contributed by atoms with Crippen molar-refractivity contribution in [1.29, 1.82) is 0 Å². The van der Waals surface area contributed by atoms with Gasteiger partial charge in [0.05, 0.1) is 0 Å². The van der Waals surface area contributed by atoms with Crippen LogP contribution in [-0.2, 0) is 9.59 Å². The maximum Gasteiger partial charge on any atom is 0.256 e. The summed E-state index contributed by atoms with van der Waals surface area (Å²) in [5.41, 5.74) is 0.540. The van der Waals surface area contributed by atoms with E-state index in [1.165, 1.54) is 11.0 Å². The second-order valence-electron chi connectivity index (χ2n) is 3.33. The first kappa shape index (κ1) is 10.9. The number of imide groups is 1. The first-order chi connectivity index (χ1) is 6.66. The summed E-state index contributed by atoms with van der Waals surface area (Å²) < 4.78 is 0. The molecule has 1 aliphatic heterocycles. The summed E-state index contributed by atoms with van der Waals surface area (Å²) in [7, 11) is 0. The molecule has 0 spiro atoms. The Kier molecular flexibility index (Phi) is 3.83. The molecule has 78 valence electrons. The average molecular weight is 196 g/mol. The first-order valence-electron chi connectivity index (χ1n) is 4.91. The zero-order valence-corrected chi connectivity index (χ0v) is 8.67. The molecule has 0 radical (unpaired) electrons. The van der Waals surface area contributed by atoms with Crippen LogP contribution in [0.3, 0.4) is 0 Å². The van der Waals surface area contributed by atoms with Crippen molar-refractivity contribution in [2.75, 3.05) is 19.6 Å². The van der Waals surface area contributed by atoms with Crippen LogP contribution in [0.15, 0.2) is 11.6 Å². The molecule has 1 heterocycles. The first-order valence-corrected chi connectivity index (χ1v) is 4.91. The Hall–Kier alpha value is -1.16. The monoisotopic (exact) mass is 196 g/mol. The molecule has 0 atom stereocenters. The lowest BCUT2D eigenvalue weighted by atomic mass is 10.3. The second kappa shape index (κ2) is 4.91. The molecule has 1 aliphatic rings. The van der Waals surface area contributed by atoms with Gasteiger partial charge in [-0.25, -0.2) is 0 Å². The fourth-order valence-electron chi connectivity index (χ4n) is 1.39. The third kappa shape index (κ3) is 2.42. The molecule has 4 nitrogen and oxygen atoms in total. The highest BCUT2D eigenvalue weighted by Crippen LogP contribution is 2.11. The third-order valence-electron chi connectivity index (χ3n) is 2.17. The molecular weight excluding hydrogens is 180 g/mol. The minimum Gasteiger partial charge on any atom is -0.317 e. The Balaban J connectivity index is 2.33. The minimum atomic E-state index is -0.177. The van der Waals surface area contributed by atoms with Gasteiger partial charge < -0.3 is 5.32 Å². The standard InChI is InChI=1S/C10H16N2O2/c1-3-11-5-4-6-12-9(13)7-8(2)10(12)14/h7,11H,3-6H2,1-2H3. The van der Waals surface area contributed by atoms with Gasteiger partial charge >= 0.3 is 0 Å². The molecule has 0 aromatic carbocycles. The van der Waals surface area contributed by atoms with Crippen molar-refractivity contribution >= 4 is 11.8 Å². The number of carbonyl (C=O) groups excluding carboxylic acids is 2. The highest BCUT2D eigenvalue weighted by atomic mass is 16.2. The molecule has 0 fully saturated rings. The maximum atomic E-state index is 11.4. The van der Waals surface area contributed by atoms with Gasteiger partial charge in [0.25, 0.3) is 11.8 Å². The summed E-state index contributed by atoms with van der Waals surface area (Å²) in [6.45, 7) is 5.96. The van der Waals surface area contributed by atoms with Gasteiger partial charge in [-0.2, -0.15) is 0 Å². The van der Waals surface area contributed by atoms with E-state index in [4.69, 9.17) is 0 Å². The Labute approximate surface area is 84.0 Å². The van der Waals surface area contributed by atoms with E-state index in [0.717, 1.165) is 19.5 Å². The van der Waals surface area contributed by atoms with Crippen molar-refractivity contribution in [3.8, 4) is 0 Å². The summed E-state index contributed by atoms with van der Waals surface area (Å²) in [4.78, 5) is 24.0. The zero-order valence-electron chi connectivity index (χ0n) is 8.67. The van der Waals surface area contributed by atoms with E-state index in [0.29, 0.717) is 12.1 Å². The normalized spacial score (nSPS) is 16.4. The van der Waals surface area contributed by atoms with Crippen LogP contribution >= 0.6 is 0 Å². The van der Waals surface area contributed by atoms with Crippen molar-refractivity contribution in [2.45, 2.75) is 20.3 Å². The number of hydrogen-bond acceptors (Lipinski definition) is 3. The van der Waals surface area contributed by atoms with Crippen molar-refractivity contribution in [1.82, 2.24) is 10.2 Å². The van der Waals surface area contributed by atoms with Crippen LogP contribution in [0.4, 0.5) is 0 Å². The van der Waals surface area contributed by atoms with Gasteiger partial charge in [0, 0.05) is 18.2 Å². The molecule has 14 heavy (non-hydrogen) atoms. The van der Waals surface area contributed by atoms with E-state index in [1.54, 1.807) is 6.92 Å². The molecule has 1 N–H and O–H groups in total. The van der Waals surface area contributed by atoms with Gasteiger partial charge in [-0.1, -0.05) is 6.92 Å². The SMILES string of the molecule is CCNCCCN1C(=O)C=C(C)C1=O. The summed E-state index contributed by atoms with van der Waals surface area (Å²) in [5.74, 6) is -0.324. The topological polar surface area (TPSA) is 49.4 Å². The molecule has 0 aliphatic carbocycles. The lowest BCUT2D eigenvalue weighted by Gasteiger charge is -2.13. The molecule has 0 aromatic heterocycles. The van der Waals surface area contributed by atoms with Crippen LogP contribution in [0.2, 0.25) is 0 Å². The Morgan fingerprint density at radius 1 is 1.43 bits per heavy atom. The second-order valence-corrected chi connectivity index (χ2v) is 3.33. The van der Waals surface area contributed by atoms with E-state index in [-0.39, 0.29) is 11.8 Å². The number of hydrogen-bond donors (Lipinski definition) is 1. The molecule has 0 bridgehead atoms. The predicted molar refractivity (Wildman–Crippen MR) is 53.6 cm³/mol. The Bertz CT molecular complexity index is 271. The quantitative estimate of drug-likeness (QED) is 0.508. The molecule has 0 aromatic rings. The van der Waals surface area contributed by atoms with E-state index in [9.17, 15) is 9.59 Å². The van der Waals surface area contributed by atoms with Crippen LogP contribution in [0.25, 0.3) is 0 Å². The fraction of sp³-hybridized carbons (Fsp3) is 0.600. The third-order valence-corrected chi connectivity index (χ3v) is 2.17. The molecule has 2 amide bonds. The maximum absolute atomic E-state index is 11.4. The minimum absolute atomic E-state index is 0.147. The van der Waals surface area contributed by atoms with E-state index >= 15 is 0 Å². The molecule has 4 heteroatoms. The van der Waals surface area contributed by atoms with Gasteiger partial charge in [0.2, 0.25) is 0 Å². The summed E-state index contributed by atoms with van der Waals surface area (Å²) in [5, 5.41) is 3.15. The van der Waals surface area contributed by atoms with Crippen molar-refractivity contribution < 1.29 is 9.59 Å². The summed E-state index contributed by atoms with van der Waals surface area (Å²) in [6.07, 6.45) is 2.21. The van der Waals surface area contributed by atoms with E-state index in [2.05, 4.69) is 5.32 Å². The van der Waals surface area contributed by atoms with Crippen LogP contribution < -0.4 is 5.32 Å². The Morgan fingerprint density at radius 3 is 2.64 bits per heavy atom. The number of carbonyl (C=O) groups is 2. The smallest absolute Gasteiger partial charge is 0.256 e. The zero-order chi connectivity index (χ0) is 10.6. The predicted octanol–water partition coefficient (Wildman–Crippen LogP) is 0.301. The molecule has 1 rings (SSSR count). The average Bonchev–Trinajstić information content (AvgIpc) is 2.38. The highest BCUT2D eigenvalue weighted by molar-refractivity contribution is 6.15. The fourth-order valence-corrected chi connectivity index (χ4v) is 1.39. The van der Waals surface area contributed by atoms with Gasteiger partial charge in [0.15, 0.2) is 0 Å².